The van der Waals surface area contributed by atoms with Crippen LogP contribution in [-0.2, 0) is 25.5 Å². The van der Waals surface area contributed by atoms with Crippen molar-refractivity contribution in [3.8, 4) is 5.75 Å². The first-order valence-electron chi connectivity index (χ1n) is 13.2. The third kappa shape index (κ3) is 8.72. The van der Waals surface area contributed by atoms with Gasteiger partial charge in [-0.25, -0.2) is 19.2 Å². The van der Waals surface area contributed by atoms with Crippen molar-refractivity contribution in [1.29, 1.82) is 0 Å². The standard InChI is InChI=1S/C29H37F2N3O6/c1-19-29(12-10-25(36)40-28(2,3)4,27(37)34-32-13-11-20-16-22(30)18-23(31)17-20)33-26(39-19)21-6-8-24(9-7-21)38-15-5-14-35/h6-9,16-19,32,35H,5,10-15H2,1-4H3,(H,34,37)/t19-,29-/m0/s1. The van der Waals surface area contributed by atoms with Crippen molar-refractivity contribution >= 4 is 17.8 Å². The van der Waals surface area contributed by atoms with E-state index < -0.39 is 40.8 Å². The number of aliphatic imine (C=N–C) groups is 1. The molecular weight excluding hydrogens is 524 g/mol. The summed E-state index contributed by atoms with van der Waals surface area (Å²) in [6, 6.07) is 10.2. The number of rotatable bonds is 13. The van der Waals surface area contributed by atoms with Crippen LogP contribution in [0.2, 0.25) is 0 Å². The third-order valence-corrected chi connectivity index (χ3v) is 6.12. The van der Waals surface area contributed by atoms with Gasteiger partial charge in [-0.15, -0.1) is 0 Å². The maximum Gasteiger partial charge on any atom is 0.306 e. The minimum atomic E-state index is -1.44. The molecule has 3 rings (SSSR count). The molecule has 0 aromatic heterocycles. The van der Waals surface area contributed by atoms with Crippen LogP contribution in [-0.4, -0.2) is 59.9 Å². The normalized spacial score (nSPS) is 18.6. The number of carbonyl (C=O) groups is 2. The van der Waals surface area contributed by atoms with E-state index in [0.29, 0.717) is 29.9 Å². The Hall–Kier alpha value is -3.57. The average Bonchev–Trinajstić information content (AvgIpc) is 3.21. The number of ether oxygens (including phenoxy) is 3. The molecule has 0 spiro atoms. The minimum Gasteiger partial charge on any atom is -0.494 e. The summed E-state index contributed by atoms with van der Waals surface area (Å²) in [4.78, 5) is 30.7. The number of hydrazine groups is 1. The van der Waals surface area contributed by atoms with E-state index in [1.807, 2.05) is 0 Å². The Bertz CT molecular complexity index is 1180. The van der Waals surface area contributed by atoms with E-state index in [2.05, 4.69) is 15.8 Å². The number of amides is 1. The van der Waals surface area contributed by atoms with Gasteiger partial charge in [0.05, 0.1) is 6.61 Å². The van der Waals surface area contributed by atoms with Gasteiger partial charge in [0.15, 0.2) is 5.54 Å². The molecule has 0 radical (unpaired) electrons. The zero-order valence-electron chi connectivity index (χ0n) is 23.3. The summed E-state index contributed by atoms with van der Waals surface area (Å²) < 4.78 is 43.9. The highest BCUT2D eigenvalue weighted by Gasteiger charge is 2.50. The lowest BCUT2D eigenvalue weighted by molar-refractivity contribution is -0.155. The molecule has 0 fully saturated rings. The number of nitrogens with one attached hydrogen (secondary N) is 2. The Morgan fingerprint density at radius 2 is 1.80 bits per heavy atom. The third-order valence-electron chi connectivity index (χ3n) is 6.12. The van der Waals surface area contributed by atoms with Crippen LogP contribution in [0.25, 0.3) is 0 Å². The second-order valence-corrected chi connectivity index (χ2v) is 10.5. The highest BCUT2D eigenvalue weighted by Crippen LogP contribution is 2.34. The number of aliphatic hydroxyl groups excluding tert-OH is 1. The average molecular weight is 562 g/mol. The van der Waals surface area contributed by atoms with Crippen LogP contribution in [0.1, 0.15) is 58.1 Å². The lowest BCUT2D eigenvalue weighted by atomic mass is 9.88. The molecule has 11 heteroatoms. The number of aliphatic hydroxyl groups is 1. The predicted octanol–water partition coefficient (Wildman–Crippen LogP) is 3.62. The zero-order chi connectivity index (χ0) is 29.3. The number of carbonyl (C=O) groups excluding carboxylic acids is 2. The lowest BCUT2D eigenvalue weighted by Crippen LogP contribution is -2.55. The van der Waals surface area contributed by atoms with E-state index >= 15 is 0 Å². The fourth-order valence-electron chi connectivity index (χ4n) is 4.15. The van der Waals surface area contributed by atoms with Crippen molar-refractivity contribution in [2.75, 3.05) is 19.8 Å². The van der Waals surface area contributed by atoms with Crippen LogP contribution in [0, 0.1) is 11.6 Å². The Kier molecular flexibility index (Phi) is 10.6. The van der Waals surface area contributed by atoms with Gasteiger partial charge in [0.1, 0.15) is 29.1 Å². The number of halogens is 2. The van der Waals surface area contributed by atoms with Crippen molar-refractivity contribution in [3.63, 3.8) is 0 Å². The summed E-state index contributed by atoms with van der Waals surface area (Å²) in [5, 5.41) is 8.92. The summed E-state index contributed by atoms with van der Waals surface area (Å²) >= 11 is 0. The van der Waals surface area contributed by atoms with Gasteiger partial charge in [-0.3, -0.25) is 15.0 Å². The number of hydrogen-bond donors (Lipinski definition) is 3. The van der Waals surface area contributed by atoms with Crippen LogP contribution in [0.15, 0.2) is 47.5 Å². The van der Waals surface area contributed by atoms with Crippen molar-refractivity contribution in [2.45, 2.75) is 70.6 Å². The Balaban J connectivity index is 1.74. The number of esters is 1. The van der Waals surface area contributed by atoms with E-state index in [1.54, 1.807) is 52.0 Å². The molecule has 0 unspecified atom stereocenters. The highest BCUT2D eigenvalue weighted by atomic mass is 19.1. The molecule has 218 valence electrons. The molecule has 1 amide bonds. The van der Waals surface area contributed by atoms with Crippen molar-refractivity contribution in [1.82, 2.24) is 10.9 Å². The first-order valence-corrected chi connectivity index (χ1v) is 13.2. The second-order valence-electron chi connectivity index (χ2n) is 10.5. The fraction of sp³-hybridized carbons (Fsp3) is 0.483. The number of benzene rings is 2. The quantitative estimate of drug-likeness (QED) is 0.194. The monoisotopic (exact) mass is 561 g/mol. The second kappa shape index (κ2) is 13.7. The maximum absolute atomic E-state index is 13.5. The van der Waals surface area contributed by atoms with E-state index in [1.165, 1.54) is 12.1 Å². The van der Waals surface area contributed by atoms with Gasteiger partial charge in [0, 0.05) is 37.6 Å². The van der Waals surface area contributed by atoms with E-state index in [4.69, 9.17) is 19.3 Å². The van der Waals surface area contributed by atoms with Gasteiger partial charge in [-0.05, 0) is 82.5 Å². The van der Waals surface area contributed by atoms with Gasteiger partial charge in [-0.1, -0.05) is 0 Å². The van der Waals surface area contributed by atoms with Gasteiger partial charge in [0.25, 0.3) is 5.91 Å². The van der Waals surface area contributed by atoms with Crippen LogP contribution in [0.4, 0.5) is 8.78 Å². The molecule has 1 aliphatic heterocycles. The molecule has 0 aliphatic carbocycles. The molecule has 0 saturated carbocycles. The van der Waals surface area contributed by atoms with Gasteiger partial charge >= 0.3 is 5.97 Å². The fourth-order valence-corrected chi connectivity index (χ4v) is 4.15. The molecule has 2 aromatic carbocycles. The van der Waals surface area contributed by atoms with Crippen LogP contribution < -0.4 is 15.6 Å². The zero-order valence-corrected chi connectivity index (χ0v) is 23.3. The first-order chi connectivity index (χ1) is 18.9. The molecule has 2 atom stereocenters. The predicted molar refractivity (Wildman–Crippen MR) is 145 cm³/mol. The van der Waals surface area contributed by atoms with Crippen molar-refractivity contribution < 1.29 is 37.7 Å². The molecule has 3 N–H and O–H groups in total. The molecule has 2 aromatic rings. The highest BCUT2D eigenvalue weighted by molar-refractivity contribution is 6.00. The minimum absolute atomic E-state index is 0.0254. The topological polar surface area (TPSA) is 118 Å². The summed E-state index contributed by atoms with van der Waals surface area (Å²) in [6.07, 6.45) is 0.00183. The Morgan fingerprint density at radius 1 is 1.12 bits per heavy atom. The van der Waals surface area contributed by atoms with Crippen LogP contribution in [0.3, 0.4) is 0 Å². The van der Waals surface area contributed by atoms with E-state index in [-0.39, 0.29) is 38.3 Å². The van der Waals surface area contributed by atoms with Gasteiger partial charge in [0.2, 0.25) is 5.90 Å². The summed E-state index contributed by atoms with van der Waals surface area (Å²) in [5.41, 5.74) is 4.33. The number of nitrogens with zero attached hydrogens (tertiary/aromatic N) is 1. The molecule has 1 heterocycles. The van der Waals surface area contributed by atoms with Crippen molar-refractivity contribution in [2.24, 2.45) is 4.99 Å². The van der Waals surface area contributed by atoms with Crippen LogP contribution in [0.5, 0.6) is 5.75 Å². The Morgan fingerprint density at radius 3 is 2.42 bits per heavy atom. The van der Waals surface area contributed by atoms with Gasteiger partial charge in [-0.2, -0.15) is 0 Å². The number of hydrogen-bond acceptors (Lipinski definition) is 8. The molecule has 40 heavy (non-hydrogen) atoms. The van der Waals surface area contributed by atoms with Gasteiger partial charge < -0.3 is 19.3 Å². The molecule has 1 aliphatic rings. The largest absolute Gasteiger partial charge is 0.494 e. The summed E-state index contributed by atoms with van der Waals surface area (Å²) in [5.74, 6) is -1.49. The van der Waals surface area contributed by atoms with Crippen molar-refractivity contribution in [3.05, 3.63) is 65.2 Å². The summed E-state index contributed by atoms with van der Waals surface area (Å²) in [7, 11) is 0. The molecule has 9 nitrogen and oxygen atoms in total. The van der Waals surface area contributed by atoms with E-state index in [9.17, 15) is 18.4 Å². The molecule has 0 bridgehead atoms. The maximum atomic E-state index is 13.5. The first kappa shape index (κ1) is 31.0. The lowest BCUT2D eigenvalue weighted by Gasteiger charge is -2.28. The smallest absolute Gasteiger partial charge is 0.306 e. The molecule has 0 saturated heterocycles. The van der Waals surface area contributed by atoms with E-state index in [0.717, 1.165) is 6.07 Å². The van der Waals surface area contributed by atoms with Crippen LogP contribution >= 0.6 is 0 Å². The molecular formula is C29H37F2N3O6. The summed E-state index contributed by atoms with van der Waals surface area (Å²) in [6.45, 7) is 7.59. The SMILES string of the molecule is C[C@@H]1OC(c2ccc(OCCCO)cc2)=N[C@]1(CCC(=O)OC(C)(C)C)C(=O)NNCCc1cc(F)cc(F)c1. The Labute approximate surface area is 232 Å².